The molecule has 2 aromatic heterocycles. The van der Waals surface area contributed by atoms with Crippen LogP contribution in [-0.4, -0.2) is 32.3 Å². The Morgan fingerprint density at radius 2 is 2.15 bits per heavy atom. The maximum absolute atomic E-state index is 12.4. The van der Waals surface area contributed by atoms with Crippen molar-refractivity contribution in [3.63, 3.8) is 0 Å². The van der Waals surface area contributed by atoms with E-state index in [2.05, 4.69) is 15.1 Å². The number of para-hydroxylation sites is 2. The van der Waals surface area contributed by atoms with Gasteiger partial charge >= 0.3 is 11.7 Å². The summed E-state index contributed by atoms with van der Waals surface area (Å²) in [5.41, 5.74) is 0.260. The molecule has 1 aliphatic rings. The van der Waals surface area contributed by atoms with Gasteiger partial charge in [0.1, 0.15) is 18.0 Å². The smallest absolute Gasteiger partial charge is 0.359 e. The number of esters is 1. The Morgan fingerprint density at radius 3 is 2.92 bits per heavy atom. The molecule has 9 heteroatoms. The fourth-order valence-electron chi connectivity index (χ4n) is 2.91. The minimum atomic E-state index is -0.660. The number of carbonyl (C=O) groups excluding carboxylic acids is 1. The van der Waals surface area contributed by atoms with Gasteiger partial charge in [-0.2, -0.15) is 5.10 Å². The quantitative estimate of drug-likeness (QED) is 0.677. The zero-order valence-electron chi connectivity index (χ0n) is 13.7. The van der Waals surface area contributed by atoms with E-state index in [4.69, 9.17) is 9.47 Å². The molecule has 0 atom stereocenters. The topological polar surface area (TPSA) is 119 Å². The summed E-state index contributed by atoms with van der Waals surface area (Å²) in [7, 11) is 0. The number of H-pyrrole nitrogens is 2. The highest BCUT2D eigenvalue weighted by molar-refractivity contribution is 5.96. The van der Waals surface area contributed by atoms with Gasteiger partial charge in [0.15, 0.2) is 5.69 Å². The number of benzene rings is 1. The number of nitrogens with one attached hydrogen (secondary N) is 2. The van der Waals surface area contributed by atoms with Crippen molar-refractivity contribution in [1.29, 1.82) is 0 Å². The van der Waals surface area contributed by atoms with E-state index in [9.17, 15) is 14.4 Å². The van der Waals surface area contributed by atoms with Crippen molar-refractivity contribution in [2.24, 2.45) is 0 Å². The second-order valence-corrected chi connectivity index (χ2v) is 5.54. The molecule has 0 unspecified atom stereocenters. The van der Waals surface area contributed by atoms with Crippen LogP contribution in [0.25, 0.3) is 16.8 Å². The number of aromatic nitrogens is 4. The van der Waals surface area contributed by atoms with Crippen LogP contribution in [0.15, 0.2) is 40.1 Å². The lowest BCUT2D eigenvalue weighted by atomic mass is 10.1. The summed E-state index contributed by atoms with van der Waals surface area (Å²) >= 11 is 0. The normalized spacial score (nSPS) is 12.0. The number of rotatable bonds is 3. The first-order valence-electron chi connectivity index (χ1n) is 7.93. The molecule has 3 heterocycles. The average Bonchev–Trinajstić information content (AvgIpc) is 3.02. The number of nitrogens with zero attached hydrogens (tertiary/aromatic N) is 2. The molecule has 2 N–H and O–H groups in total. The molecule has 132 valence electrons. The zero-order valence-corrected chi connectivity index (χ0v) is 13.7. The van der Waals surface area contributed by atoms with E-state index in [0.717, 1.165) is 0 Å². The lowest BCUT2D eigenvalue weighted by molar-refractivity contribution is 0.0520. The van der Waals surface area contributed by atoms with Crippen LogP contribution in [0.3, 0.4) is 0 Å². The number of aromatic amines is 2. The number of hydrogen-bond acceptors (Lipinski definition) is 6. The van der Waals surface area contributed by atoms with Gasteiger partial charge in [0.25, 0.3) is 5.56 Å². The first-order chi connectivity index (χ1) is 12.6. The zero-order chi connectivity index (χ0) is 18.3. The second-order valence-electron chi connectivity index (χ2n) is 5.54. The van der Waals surface area contributed by atoms with Crippen molar-refractivity contribution < 1.29 is 14.3 Å². The van der Waals surface area contributed by atoms with Gasteiger partial charge in [0.05, 0.1) is 17.9 Å². The fraction of sp³-hybridized carbons (Fsp3) is 0.176. The van der Waals surface area contributed by atoms with E-state index in [0.29, 0.717) is 17.1 Å². The summed E-state index contributed by atoms with van der Waals surface area (Å²) < 4.78 is 12.4. The van der Waals surface area contributed by atoms with E-state index in [-0.39, 0.29) is 30.0 Å². The second kappa shape index (κ2) is 6.03. The number of fused-ring (bicyclic) bond motifs is 3. The van der Waals surface area contributed by atoms with Gasteiger partial charge in [0, 0.05) is 11.8 Å². The molecule has 4 rings (SSSR count). The minimum Gasteiger partial charge on any atom is -0.485 e. The summed E-state index contributed by atoms with van der Waals surface area (Å²) in [4.78, 5) is 40.6. The Balaban J connectivity index is 2.01. The summed E-state index contributed by atoms with van der Waals surface area (Å²) in [6.07, 6.45) is 1.25. The van der Waals surface area contributed by atoms with Gasteiger partial charge in [-0.3, -0.25) is 9.78 Å². The van der Waals surface area contributed by atoms with Crippen molar-refractivity contribution in [3.8, 4) is 22.6 Å². The van der Waals surface area contributed by atoms with Crippen LogP contribution < -0.4 is 16.0 Å². The molecule has 0 aliphatic carbocycles. The van der Waals surface area contributed by atoms with Crippen LogP contribution in [0.4, 0.5) is 0 Å². The third-order valence-electron chi connectivity index (χ3n) is 4.00. The highest BCUT2D eigenvalue weighted by atomic mass is 16.5. The van der Waals surface area contributed by atoms with Crippen molar-refractivity contribution >= 4 is 5.97 Å². The lowest BCUT2D eigenvalue weighted by Crippen LogP contribution is -2.23. The lowest BCUT2D eigenvalue weighted by Gasteiger charge is -2.19. The summed E-state index contributed by atoms with van der Waals surface area (Å²) in [6, 6.07) is 7.22. The van der Waals surface area contributed by atoms with Gasteiger partial charge < -0.3 is 14.5 Å². The van der Waals surface area contributed by atoms with E-state index in [1.54, 1.807) is 23.7 Å². The van der Waals surface area contributed by atoms with Crippen LogP contribution >= 0.6 is 0 Å². The molecular weight excluding hydrogens is 340 g/mol. The molecule has 1 aromatic carbocycles. The fourth-order valence-corrected chi connectivity index (χ4v) is 2.91. The molecule has 0 bridgehead atoms. The van der Waals surface area contributed by atoms with Crippen LogP contribution in [0.5, 0.6) is 5.75 Å². The predicted octanol–water partition coefficient (Wildman–Crippen LogP) is 0.985. The van der Waals surface area contributed by atoms with Crippen LogP contribution in [0.1, 0.15) is 23.1 Å². The molecule has 0 fully saturated rings. The summed E-state index contributed by atoms with van der Waals surface area (Å²) in [6.45, 7) is 1.95. The van der Waals surface area contributed by atoms with Crippen molar-refractivity contribution in [1.82, 2.24) is 19.7 Å². The van der Waals surface area contributed by atoms with Gasteiger partial charge in [-0.15, -0.1) is 0 Å². The maximum Gasteiger partial charge on any atom is 0.359 e. The Bertz CT molecular complexity index is 1120. The number of hydrogen-bond donors (Lipinski definition) is 2. The largest absolute Gasteiger partial charge is 0.485 e. The van der Waals surface area contributed by atoms with Gasteiger partial charge in [-0.05, 0) is 19.1 Å². The van der Waals surface area contributed by atoms with E-state index in [1.165, 1.54) is 6.20 Å². The molecule has 0 amide bonds. The minimum absolute atomic E-state index is 0.0142. The van der Waals surface area contributed by atoms with Gasteiger partial charge in [0.2, 0.25) is 0 Å². The molecule has 1 aliphatic heterocycles. The van der Waals surface area contributed by atoms with E-state index >= 15 is 0 Å². The molecule has 9 nitrogen and oxygen atoms in total. The Morgan fingerprint density at radius 1 is 1.35 bits per heavy atom. The van der Waals surface area contributed by atoms with E-state index < -0.39 is 17.2 Å². The molecule has 3 aromatic rings. The Labute approximate surface area is 146 Å². The SMILES string of the molecule is CCOC(=O)c1nn2c(c1-c1c[nH]c(=O)[nH]c1=O)COc1ccccc1-2. The van der Waals surface area contributed by atoms with Crippen LogP contribution in [0, 0.1) is 0 Å². The van der Waals surface area contributed by atoms with Gasteiger partial charge in [-0.1, -0.05) is 12.1 Å². The molecule has 26 heavy (non-hydrogen) atoms. The Hall–Kier alpha value is -3.62. The molecule has 0 saturated heterocycles. The number of carbonyl (C=O) groups is 1. The number of ether oxygens (including phenoxy) is 2. The van der Waals surface area contributed by atoms with E-state index in [1.807, 2.05) is 12.1 Å². The molecular formula is C17H14N4O5. The monoisotopic (exact) mass is 354 g/mol. The Kier molecular flexibility index (Phi) is 3.68. The van der Waals surface area contributed by atoms with Crippen molar-refractivity contribution in [2.45, 2.75) is 13.5 Å². The first-order valence-corrected chi connectivity index (χ1v) is 7.93. The predicted molar refractivity (Wildman–Crippen MR) is 90.5 cm³/mol. The van der Waals surface area contributed by atoms with Gasteiger partial charge in [-0.25, -0.2) is 14.3 Å². The molecule has 0 spiro atoms. The maximum atomic E-state index is 12.4. The third-order valence-corrected chi connectivity index (χ3v) is 4.00. The average molecular weight is 354 g/mol. The standard InChI is InChI=1S/C17H14N4O5/c1-2-25-16(23)14-13(9-7-18-17(24)19-15(9)22)11-8-26-12-6-4-3-5-10(12)21(11)20-14/h3-7H,2,8H2,1H3,(H2,18,19,22,24). The van der Waals surface area contributed by atoms with Crippen molar-refractivity contribution in [3.05, 3.63) is 62.7 Å². The summed E-state index contributed by atoms with van der Waals surface area (Å²) in [5.74, 6) is -0.0488. The first kappa shape index (κ1) is 15.9. The summed E-state index contributed by atoms with van der Waals surface area (Å²) in [5, 5.41) is 4.37. The van der Waals surface area contributed by atoms with Crippen molar-refractivity contribution in [2.75, 3.05) is 6.61 Å². The highest BCUT2D eigenvalue weighted by Gasteiger charge is 2.30. The molecule has 0 saturated carbocycles. The molecule has 0 radical (unpaired) electrons. The highest BCUT2D eigenvalue weighted by Crippen LogP contribution is 2.35. The van der Waals surface area contributed by atoms with Crippen LogP contribution in [-0.2, 0) is 11.3 Å². The van der Waals surface area contributed by atoms with Crippen LogP contribution in [0.2, 0.25) is 0 Å². The third kappa shape index (κ3) is 2.41.